The largest absolute Gasteiger partial charge is 0.370 e. The zero-order valence-corrected chi connectivity index (χ0v) is 18.1. The van der Waals surface area contributed by atoms with Gasteiger partial charge in [-0.2, -0.15) is 0 Å². The Labute approximate surface area is 174 Å². The second kappa shape index (κ2) is 9.83. The van der Waals surface area contributed by atoms with Crippen LogP contribution in [0.2, 0.25) is 0 Å². The van der Waals surface area contributed by atoms with Crippen LogP contribution in [0.15, 0.2) is 36.5 Å². The Balaban J connectivity index is 1.53. The predicted octanol–water partition coefficient (Wildman–Crippen LogP) is 3.38. The quantitative estimate of drug-likeness (QED) is 0.779. The Morgan fingerprint density at radius 3 is 2.72 bits per heavy atom. The number of rotatable bonds is 7. The number of nitrogens with zero attached hydrogens (tertiary/aromatic N) is 4. The Morgan fingerprint density at radius 2 is 2.07 bits per heavy atom. The lowest BCUT2D eigenvalue weighted by atomic mass is 10.1. The maximum atomic E-state index is 12.9. The van der Waals surface area contributed by atoms with E-state index in [-0.39, 0.29) is 5.91 Å². The number of carbonyl (C=O) groups excluding carboxylic acids is 1. The molecule has 0 saturated carbocycles. The molecule has 3 heterocycles. The number of carbonyl (C=O) groups is 1. The van der Waals surface area contributed by atoms with Crippen molar-refractivity contribution in [2.75, 3.05) is 31.5 Å². The van der Waals surface area contributed by atoms with Crippen LogP contribution >= 0.6 is 0 Å². The summed E-state index contributed by atoms with van der Waals surface area (Å²) in [5.74, 6) is 0.861. The molecule has 1 fully saturated rings. The zero-order valence-electron chi connectivity index (χ0n) is 18.1. The van der Waals surface area contributed by atoms with E-state index in [4.69, 9.17) is 0 Å². The van der Waals surface area contributed by atoms with Crippen LogP contribution < -0.4 is 5.32 Å². The topological polar surface area (TPSA) is 61.4 Å². The maximum Gasteiger partial charge on any atom is 0.255 e. The molecule has 1 aliphatic heterocycles. The summed E-state index contributed by atoms with van der Waals surface area (Å²) in [7, 11) is 0. The smallest absolute Gasteiger partial charge is 0.255 e. The second-order valence-electron chi connectivity index (χ2n) is 8.02. The monoisotopic (exact) mass is 395 g/mol. The lowest BCUT2D eigenvalue weighted by Crippen LogP contribution is -2.56. The van der Waals surface area contributed by atoms with Crippen molar-refractivity contribution < 1.29 is 4.79 Å². The number of aromatic nitrogens is 2. The molecule has 0 unspecified atom stereocenters. The van der Waals surface area contributed by atoms with Gasteiger partial charge in [-0.25, -0.2) is 4.98 Å². The second-order valence-corrected chi connectivity index (χ2v) is 8.02. The molecule has 2 aromatic rings. The molecule has 6 heteroatoms. The van der Waals surface area contributed by atoms with Gasteiger partial charge in [-0.05, 0) is 51.5 Å². The van der Waals surface area contributed by atoms with Gasteiger partial charge in [0.15, 0.2) is 0 Å². The van der Waals surface area contributed by atoms with Gasteiger partial charge in [0.05, 0.1) is 5.56 Å². The van der Waals surface area contributed by atoms with Crippen LogP contribution in [0.25, 0.3) is 0 Å². The summed E-state index contributed by atoms with van der Waals surface area (Å²) in [5, 5.41) is 3.31. The molecular weight excluding hydrogens is 362 g/mol. The van der Waals surface area contributed by atoms with Gasteiger partial charge in [0, 0.05) is 62.3 Å². The van der Waals surface area contributed by atoms with Crippen LogP contribution in [0.5, 0.6) is 0 Å². The van der Waals surface area contributed by atoms with Crippen molar-refractivity contribution >= 4 is 11.7 Å². The van der Waals surface area contributed by atoms with Crippen LogP contribution in [-0.4, -0.2) is 63.9 Å². The molecule has 0 spiro atoms. The van der Waals surface area contributed by atoms with Crippen molar-refractivity contribution in [1.29, 1.82) is 0 Å². The first-order valence-corrected chi connectivity index (χ1v) is 10.7. The Morgan fingerprint density at radius 1 is 1.24 bits per heavy atom. The first kappa shape index (κ1) is 21.2. The summed E-state index contributed by atoms with van der Waals surface area (Å²) in [4.78, 5) is 26.3. The average molecular weight is 396 g/mol. The van der Waals surface area contributed by atoms with Crippen molar-refractivity contribution in [1.82, 2.24) is 19.8 Å². The molecule has 156 valence electrons. The van der Waals surface area contributed by atoms with E-state index in [1.807, 2.05) is 42.2 Å². The van der Waals surface area contributed by atoms with E-state index in [2.05, 4.69) is 41.0 Å². The minimum atomic E-state index is 0.0786. The first-order valence-electron chi connectivity index (χ1n) is 10.7. The lowest BCUT2D eigenvalue weighted by molar-refractivity contribution is 0.0371. The number of anilines is 1. The molecule has 0 aliphatic carbocycles. The Kier molecular flexibility index (Phi) is 7.20. The Bertz CT molecular complexity index is 805. The fourth-order valence-electron chi connectivity index (χ4n) is 3.96. The van der Waals surface area contributed by atoms with E-state index in [1.54, 1.807) is 6.20 Å². The van der Waals surface area contributed by atoms with Gasteiger partial charge in [-0.15, -0.1) is 0 Å². The van der Waals surface area contributed by atoms with E-state index >= 15 is 0 Å². The third kappa shape index (κ3) is 5.54. The first-order chi connectivity index (χ1) is 14.0. The number of amides is 1. The SMILES string of the molecule is CC[C@H]1CN(C(=O)c2ccc(NCCc3cccc(C)n3)nc2)CCN1C(C)C. The van der Waals surface area contributed by atoms with Crippen LogP contribution in [0.1, 0.15) is 48.9 Å². The van der Waals surface area contributed by atoms with Crippen molar-refractivity contribution in [3.05, 3.63) is 53.5 Å². The number of nitrogens with one attached hydrogen (secondary N) is 1. The van der Waals surface area contributed by atoms with Crippen LogP contribution in [0.4, 0.5) is 5.82 Å². The summed E-state index contributed by atoms with van der Waals surface area (Å²) >= 11 is 0. The molecule has 0 aromatic carbocycles. The summed E-state index contributed by atoms with van der Waals surface area (Å²) in [6, 6.07) is 10.8. The molecule has 1 N–H and O–H groups in total. The summed E-state index contributed by atoms with van der Waals surface area (Å²) in [6.45, 7) is 11.9. The highest BCUT2D eigenvalue weighted by molar-refractivity contribution is 5.94. The number of hydrogen-bond donors (Lipinski definition) is 1. The number of hydrogen-bond acceptors (Lipinski definition) is 5. The molecule has 29 heavy (non-hydrogen) atoms. The van der Waals surface area contributed by atoms with E-state index in [9.17, 15) is 4.79 Å². The molecule has 2 aromatic heterocycles. The van der Waals surface area contributed by atoms with Crippen LogP contribution in [0.3, 0.4) is 0 Å². The van der Waals surface area contributed by atoms with Crippen LogP contribution in [-0.2, 0) is 6.42 Å². The zero-order chi connectivity index (χ0) is 20.8. The minimum Gasteiger partial charge on any atom is -0.370 e. The molecule has 0 radical (unpaired) electrons. The third-order valence-corrected chi connectivity index (χ3v) is 5.59. The van der Waals surface area contributed by atoms with Gasteiger partial charge in [-0.1, -0.05) is 13.0 Å². The molecule has 1 atom stereocenters. The van der Waals surface area contributed by atoms with E-state index in [0.717, 1.165) is 56.2 Å². The van der Waals surface area contributed by atoms with Gasteiger partial charge in [0.1, 0.15) is 5.82 Å². The van der Waals surface area contributed by atoms with Gasteiger partial charge in [0.2, 0.25) is 0 Å². The molecule has 1 saturated heterocycles. The van der Waals surface area contributed by atoms with Gasteiger partial charge in [0.25, 0.3) is 5.91 Å². The van der Waals surface area contributed by atoms with Crippen LogP contribution in [0, 0.1) is 6.92 Å². The van der Waals surface area contributed by atoms with Gasteiger partial charge < -0.3 is 10.2 Å². The maximum absolute atomic E-state index is 12.9. The van der Waals surface area contributed by atoms with Crippen molar-refractivity contribution in [2.24, 2.45) is 0 Å². The highest BCUT2D eigenvalue weighted by Gasteiger charge is 2.30. The number of piperazine rings is 1. The molecule has 1 amide bonds. The summed E-state index contributed by atoms with van der Waals surface area (Å²) < 4.78 is 0. The molecule has 3 rings (SSSR count). The van der Waals surface area contributed by atoms with Gasteiger partial charge >= 0.3 is 0 Å². The van der Waals surface area contributed by atoms with Crippen molar-refractivity contribution in [2.45, 2.75) is 52.6 Å². The lowest BCUT2D eigenvalue weighted by Gasteiger charge is -2.43. The molecule has 1 aliphatic rings. The number of aryl methyl sites for hydroxylation is 1. The standard InChI is InChI=1S/C23H33N5O/c1-5-21-16-27(13-14-28(21)17(2)3)23(29)19-9-10-22(25-15-19)24-12-11-20-8-6-7-18(4)26-20/h6-10,15,17,21H,5,11-14,16H2,1-4H3,(H,24,25)/t21-/m0/s1. The normalized spacial score (nSPS) is 17.6. The van der Waals surface area contributed by atoms with E-state index < -0.39 is 0 Å². The molecule has 6 nitrogen and oxygen atoms in total. The number of pyridine rings is 2. The average Bonchev–Trinajstić information content (AvgIpc) is 2.73. The fraction of sp³-hybridized carbons (Fsp3) is 0.522. The summed E-state index contributed by atoms with van der Waals surface area (Å²) in [6.07, 6.45) is 3.58. The van der Waals surface area contributed by atoms with Gasteiger partial charge in [-0.3, -0.25) is 14.7 Å². The predicted molar refractivity (Wildman–Crippen MR) is 117 cm³/mol. The molecular formula is C23H33N5O. The third-order valence-electron chi connectivity index (χ3n) is 5.59. The fourth-order valence-corrected chi connectivity index (χ4v) is 3.96. The van der Waals surface area contributed by atoms with Crippen molar-refractivity contribution in [3.63, 3.8) is 0 Å². The summed E-state index contributed by atoms with van der Waals surface area (Å²) in [5.41, 5.74) is 2.75. The minimum absolute atomic E-state index is 0.0786. The molecule has 0 bridgehead atoms. The van der Waals surface area contributed by atoms with E-state index in [1.165, 1.54) is 0 Å². The Hall–Kier alpha value is -2.47. The van der Waals surface area contributed by atoms with E-state index in [0.29, 0.717) is 17.6 Å². The highest BCUT2D eigenvalue weighted by atomic mass is 16.2. The highest BCUT2D eigenvalue weighted by Crippen LogP contribution is 2.18. The van der Waals surface area contributed by atoms with Crippen molar-refractivity contribution in [3.8, 4) is 0 Å².